The van der Waals surface area contributed by atoms with Crippen LogP contribution >= 0.6 is 0 Å². The topological polar surface area (TPSA) is 45.5 Å². The summed E-state index contributed by atoms with van der Waals surface area (Å²) in [6.07, 6.45) is 1.53. The summed E-state index contributed by atoms with van der Waals surface area (Å²) >= 11 is 0. The quantitative estimate of drug-likeness (QED) is 0.763. The normalized spacial score (nSPS) is 13.4. The maximum Gasteiger partial charge on any atom is 0.161 e. The molecule has 0 N–H and O–H groups in total. The van der Waals surface area contributed by atoms with Gasteiger partial charge in [0.15, 0.2) is 11.5 Å². The standard InChI is InChI=1S/C15H20N2O2/c1-12-9-14-15(19-8-7-18-14)10-13(12)11-17(2)6-4-3-5-16/h9-10H,3-4,6-8,11H2,1-2H3. The lowest BCUT2D eigenvalue weighted by Gasteiger charge is -2.22. The van der Waals surface area contributed by atoms with Crippen molar-refractivity contribution in [1.29, 1.82) is 5.26 Å². The van der Waals surface area contributed by atoms with Crippen molar-refractivity contribution in [2.45, 2.75) is 26.3 Å². The van der Waals surface area contributed by atoms with Crippen molar-refractivity contribution in [2.24, 2.45) is 0 Å². The molecule has 0 aromatic heterocycles. The van der Waals surface area contributed by atoms with Crippen molar-refractivity contribution < 1.29 is 9.47 Å². The van der Waals surface area contributed by atoms with Crippen LogP contribution in [0.3, 0.4) is 0 Å². The van der Waals surface area contributed by atoms with Gasteiger partial charge in [-0.15, -0.1) is 0 Å². The number of nitrogens with zero attached hydrogens (tertiary/aromatic N) is 2. The average molecular weight is 260 g/mol. The number of hydrogen-bond acceptors (Lipinski definition) is 4. The predicted octanol–water partition coefficient (Wildman–Crippen LogP) is 2.50. The Morgan fingerprint density at radius 3 is 2.63 bits per heavy atom. The summed E-state index contributed by atoms with van der Waals surface area (Å²) < 4.78 is 11.2. The highest BCUT2D eigenvalue weighted by Gasteiger charge is 2.14. The van der Waals surface area contributed by atoms with Crippen molar-refractivity contribution in [3.05, 3.63) is 23.3 Å². The summed E-state index contributed by atoms with van der Waals surface area (Å²) in [6.45, 7) is 5.14. The molecule has 0 saturated carbocycles. The number of hydrogen-bond donors (Lipinski definition) is 0. The molecule has 4 nitrogen and oxygen atoms in total. The van der Waals surface area contributed by atoms with Crippen molar-refractivity contribution in [2.75, 3.05) is 26.8 Å². The lowest BCUT2D eigenvalue weighted by molar-refractivity contribution is 0.171. The van der Waals surface area contributed by atoms with Crippen LogP contribution in [0.15, 0.2) is 12.1 Å². The fourth-order valence-electron chi connectivity index (χ4n) is 2.20. The molecular weight excluding hydrogens is 240 g/mol. The maximum atomic E-state index is 8.55. The first kappa shape index (κ1) is 13.7. The molecule has 1 aromatic carbocycles. The average Bonchev–Trinajstić information content (AvgIpc) is 2.40. The Morgan fingerprint density at radius 2 is 1.95 bits per heavy atom. The summed E-state index contributed by atoms with van der Waals surface area (Å²) in [5, 5.41) is 8.55. The fraction of sp³-hybridized carbons (Fsp3) is 0.533. The third-order valence-corrected chi connectivity index (χ3v) is 3.27. The smallest absolute Gasteiger partial charge is 0.161 e. The number of fused-ring (bicyclic) bond motifs is 1. The van der Waals surface area contributed by atoms with E-state index in [9.17, 15) is 0 Å². The summed E-state index contributed by atoms with van der Waals surface area (Å²) in [5.74, 6) is 1.69. The van der Waals surface area contributed by atoms with Gasteiger partial charge in [0.25, 0.3) is 0 Å². The largest absolute Gasteiger partial charge is 0.486 e. The molecule has 0 unspecified atom stereocenters. The molecule has 0 aliphatic carbocycles. The van der Waals surface area contributed by atoms with Gasteiger partial charge in [0.1, 0.15) is 13.2 Å². The molecule has 4 heteroatoms. The molecule has 0 amide bonds. The molecule has 2 rings (SSSR count). The van der Waals surface area contributed by atoms with Crippen molar-refractivity contribution in [3.8, 4) is 17.6 Å². The molecule has 19 heavy (non-hydrogen) atoms. The highest BCUT2D eigenvalue weighted by molar-refractivity contribution is 5.47. The lowest BCUT2D eigenvalue weighted by atomic mass is 10.1. The van der Waals surface area contributed by atoms with Crippen molar-refractivity contribution in [3.63, 3.8) is 0 Å². The Hall–Kier alpha value is -1.73. The third kappa shape index (κ3) is 3.62. The lowest BCUT2D eigenvalue weighted by Crippen LogP contribution is -2.20. The first-order chi connectivity index (χ1) is 9.20. The summed E-state index contributed by atoms with van der Waals surface area (Å²) in [6, 6.07) is 6.30. The van der Waals surface area contributed by atoms with E-state index in [1.807, 2.05) is 6.07 Å². The van der Waals surface area contributed by atoms with E-state index in [1.54, 1.807) is 0 Å². The zero-order chi connectivity index (χ0) is 13.7. The minimum Gasteiger partial charge on any atom is -0.486 e. The molecule has 0 fully saturated rings. The minimum atomic E-state index is 0.616. The monoisotopic (exact) mass is 260 g/mol. The summed E-state index contributed by atoms with van der Waals surface area (Å²) in [5.41, 5.74) is 2.47. The Kier molecular flexibility index (Phi) is 4.64. The Morgan fingerprint density at radius 1 is 1.26 bits per heavy atom. The fourth-order valence-corrected chi connectivity index (χ4v) is 2.20. The molecule has 1 aliphatic rings. The van der Waals surface area contributed by atoms with Crippen LogP contribution in [0.2, 0.25) is 0 Å². The van der Waals surface area contributed by atoms with Crippen LogP contribution in [0.4, 0.5) is 0 Å². The molecule has 0 atom stereocenters. The molecular formula is C15H20N2O2. The van der Waals surface area contributed by atoms with Gasteiger partial charge >= 0.3 is 0 Å². The van der Waals surface area contributed by atoms with Crippen LogP contribution in [0.25, 0.3) is 0 Å². The number of nitriles is 1. The van der Waals surface area contributed by atoms with Gasteiger partial charge in [0, 0.05) is 13.0 Å². The zero-order valence-corrected chi connectivity index (χ0v) is 11.6. The minimum absolute atomic E-state index is 0.616. The van der Waals surface area contributed by atoms with Crippen LogP contribution in [0, 0.1) is 18.3 Å². The van der Waals surface area contributed by atoms with E-state index in [0.29, 0.717) is 19.6 Å². The zero-order valence-electron chi connectivity index (χ0n) is 11.6. The number of benzene rings is 1. The second kappa shape index (κ2) is 6.44. The van der Waals surface area contributed by atoms with Crippen LogP contribution in [0.5, 0.6) is 11.5 Å². The molecule has 0 bridgehead atoms. The number of unbranched alkanes of at least 4 members (excludes halogenated alkanes) is 1. The van der Waals surface area contributed by atoms with Gasteiger partial charge in [0.2, 0.25) is 0 Å². The van der Waals surface area contributed by atoms with Crippen molar-refractivity contribution >= 4 is 0 Å². The van der Waals surface area contributed by atoms with Gasteiger partial charge in [-0.05, 0) is 50.2 Å². The molecule has 0 spiro atoms. The predicted molar refractivity (Wildman–Crippen MR) is 73.4 cm³/mol. The number of rotatable bonds is 5. The first-order valence-electron chi connectivity index (χ1n) is 6.65. The summed E-state index contributed by atoms with van der Waals surface area (Å²) in [7, 11) is 2.08. The molecule has 0 saturated heterocycles. The van der Waals surface area contributed by atoms with E-state index in [2.05, 4.69) is 31.0 Å². The van der Waals surface area contributed by atoms with Gasteiger partial charge in [-0.25, -0.2) is 0 Å². The highest BCUT2D eigenvalue weighted by Crippen LogP contribution is 2.33. The van der Waals surface area contributed by atoms with Crippen LogP contribution < -0.4 is 9.47 Å². The third-order valence-electron chi connectivity index (χ3n) is 3.27. The van der Waals surface area contributed by atoms with Crippen molar-refractivity contribution in [1.82, 2.24) is 4.90 Å². The van der Waals surface area contributed by atoms with E-state index >= 15 is 0 Å². The van der Waals surface area contributed by atoms with Gasteiger partial charge in [-0.1, -0.05) is 0 Å². The number of ether oxygens (including phenoxy) is 2. The first-order valence-corrected chi connectivity index (χ1v) is 6.65. The molecule has 1 heterocycles. The SMILES string of the molecule is Cc1cc2c(cc1CN(C)CCCC#N)OCCO2. The van der Waals surface area contributed by atoms with Gasteiger partial charge in [0.05, 0.1) is 6.07 Å². The second-order valence-electron chi connectivity index (χ2n) is 4.92. The number of aryl methyl sites for hydroxylation is 1. The Bertz CT molecular complexity index is 480. The maximum absolute atomic E-state index is 8.55. The molecule has 1 aromatic rings. The van der Waals surface area contributed by atoms with Gasteiger partial charge in [-0.3, -0.25) is 0 Å². The highest BCUT2D eigenvalue weighted by atomic mass is 16.6. The van der Waals surface area contributed by atoms with E-state index in [1.165, 1.54) is 11.1 Å². The van der Waals surface area contributed by atoms with Gasteiger partial charge in [-0.2, -0.15) is 5.26 Å². The van der Waals surface area contributed by atoms with Crippen LogP contribution in [0.1, 0.15) is 24.0 Å². The molecule has 0 radical (unpaired) electrons. The molecule has 102 valence electrons. The van der Waals surface area contributed by atoms with Gasteiger partial charge < -0.3 is 14.4 Å². The van der Waals surface area contributed by atoms with E-state index in [0.717, 1.165) is 31.0 Å². The van der Waals surface area contributed by atoms with E-state index < -0.39 is 0 Å². The molecule has 1 aliphatic heterocycles. The van der Waals surface area contributed by atoms with E-state index in [4.69, 9.17) is 14.7 Å². The Labute approximate surface area is 114 Å². The van der Waals surface area contributed by atoms with Crippen LogP contribution in [-0.4, -0.2) is 31.7 Å². The Balaban J connectivity index is 2.02. The second-order valence-corrected chi connectivity index (χ2v) is 4.92. The van der Waals surface area contributed by atoms with Crippen LogP contribution in [-0.2, 0) is 6.54 Å². The summed E-state index contributed by atoms with van der Waals surface area (Å²) in [4.78, 5) is 2.23. The van der Waals surface area contributed by atoms with E-state index in [-0.39, 0.29) is 0 Å².